The number of imidazole rings is 1. The largest absolute Gasteiger partial charge is 0.345 e. The molecule has 1 amide bonds. The fourth-order valence-corrected chi connectivity index (χ4v) is 2.17. The summed E-state index contributed by atoms with van der Waals surface area (Å²) < 4.78 is 6.21. The molecule has 0 spiro atoms. The lowest BCUT2D eigenvalue weighted by molar-refractivity contribution is 0.0940. The quantitative estimate of drug-likeness (QED) is 0.762. The second-order valence-electron chi connectivity index (χ2n) is 5.03. The molecule has 0 atom stereocenters. The van der Waals surface area contributed by atoms with E-state index in [2.05, 4.69) is 37.3 Å². The minimum Gasteiger partial charge on any atom is -0.345 e. The van der Waals surface area contributed by atoms with Crippen LogP contribution in [0.1, 0.15) is 40.8 Å². The van der Waals surface area contributed by atoms with Crippen molar-refractivity contribution in [1.29, 1.82) is 0 Å². The van der Waals surface area contributed by atoms with E-state index in [4.69, 9.17) is 0 Å². The number of carbonyl (C=O) groups excluding carboxylic acids is 1. The number of aryl methyl sites for hydroxylation is 2. The average molecular weight is 300 g/mol. The Morgan fingerprint density at radius 1 is 1.41 bits per heavy atom. The van der Waals surface area contributed by atoms with E-state index in [0.29, 0.717) is 5.69 Å². The average Bonchev–Trinajstić information content (AvgIpc) is 3.10. The maximum absolute atomic E-state index is 11.9. The lowest BCUT2D eigenvalue weighted by atomic mass is 10.2. The van der Waals surface area contributed by atoms with Gasteiger partial charge in [-0.1, -0.05) is 18.5 Å². The van der Waals surface area contributed by atoms with Gasteiger partial charge in [0.05, 0.1) is 24.6 Å². The lowest BCUT2D eigenvalue weighted by Gasteiger charge is -1.99. The first-order chi connectivity index (χ1) is 10.7. The second kappa shape index (κ2) is 5.92. The Bertz CT molecular complexity index is 807. The molecule has 0 saturated heterocycles. The van der Waals surface area contributed by atoms with Crippen LogP contribution in [0.4, 0.5) is 0 Å². The van der Waals surface area contributed by atoms with Crippen LogP contribution in [0.3, 0.4) is 0 Å². The number of rotatable bonds is 5. The molecule has 0 saturated carbocycles. The molecule has 1 N–H and O–H groups in total. The second-order valence-corrected chi connectivity index (χ2v) is 5.03. The molecule has 3 rings (SSSR count). The van der Waals surface area contributed by atoms with Gasteiger partial charge in [0, 0.05) is 0 Å². The van der Waals surface area contributed by atoms with Crippen LogP contribution in [-0.4, -0.2) is 30.8 Å². The third-order valence-electron chi connectivity index (χ3n) is 3.26. The Morgan fingerprint density at radius 3 is 3.00 bits per heavy atom. The molecular formula is C14H16N6O2. The van der Waals surface area contributed by atoms with Crippen LogP contribution in [0.25, 0.3) is 5.65 Å². The monoisotopic (exact) mass is 300 g/mol. The van der Waals surface area contributed by atoms with Gasteiger partial charge >= 0.3 is 0 Å². The van der Waals surface area contributed by atoms with E-state index in [-0.39, 0.29) is 18.1 Å². The molecule has 0 aromatic carbocycles. The summed E-state index contributed by atoms with van der Waals surface area (Å²) in [5.74, 6) is -0.338. The number of aromatic nitrogens is 5. The first kappa shape index (κ1) is 14.2. The molecule has 22 heavy (non-hydrogen) atoms. The van der Waals surface area contributed by atoms with Gasteiger partial charge in [-0.3, -0.25) is 4.79 Å². The van der Waals surface area contributed by atoms with Gasteiger partial charge in [0.25, 0.3) is 5.91 Å². The maximum atomic E-state index is 11.9. The van der Waals surface area contributed by atoms with Gasteiger partial charge < -0.3 is 5.32 Å². The standard InChI is InChI=1S/C14H16N6O2/c1-3-4-10-5-12-17-11(8-20(12)16-6-10)7-15-14(21)13-9(2)18-22-19-13/h5-6,8H,3-4,7H2,1-2H3,(H,15,21). The first-order valence-electron chi connectivity index (χ1n) is 7.08. The van der Waals surface area contributed by atoms with Crippen molar-refractivity contribution in [3.63, 3.8) is 0 Å². The van der Waals surface area contributed by atoms with Gasteiger partial charge in [-0.15, -0.1) is 0 Å². The summed E-state index contributed by atoms with van der Waals surface area (Å²) in [6.45, 7) is 4.07. The molecule has 0 fully saturated rings. The smallest absolute Gasteiger partial charge is 0.275 e. The molecule has 0 aliphatic rings. The molecule has 0 bridgehead atoms. The summed E-state index contributed by atoms with van der Waals surface area (Å²) >= 11 is 0. The fraction of sp³-hybridized carbons (Fsp3) is 0.357. The Kier molecular flexibility index (Phi) is 3.82. The molecule has 8 nitrogen and oxygen atoms in total. The van der Waals surface area contributed by atoms with E-state index >= 15 is 0 Å². The predicted octanol–water partition coefficient (Wildman–Crippen LogP) is 1.30. The summed E-state index contributed by atoms with van der Waals surface area (Å²) in [5, 5.41) is 14.2. The zero-order chi connectivity index (χ0) is 15.5. The zero-order valence-corrected chi connectivity index (χ0v) is 12.4. The lowest BCUT2D eigenvalue weighted by Crippen LogP contribution is -2.24. The number of hydrogen-bond acceptors (Lipinski definition) is 6. The van der Waals surface area contributed by atoms with Gasteiger partial charge in [-0.2, -0.15) is 5.10 Å². The fourth-order valence-electron chi connectivity index (χ4n) is 2.17. The van der Waals surface area contributed by atoms with E-state index in [1.165, 1.54) is 0 Å². The maximum Gasteiger partial charge on any atom is 0.275 e. The highest BCUT2D eigenvalue weighted by Gasteiger charge is 2.15. The van der Waals surface area contributed by atoms with Crippen molar-refractivity contribution in [2.75, 3.05) is 0 Å². The van der Waals surface area contributed by atoms with Crippen molar-refractivity contribution in [3.8, 4) is 0 Å². The van der Waals surface area contributed by atoms with Crippen LogP contribution in [0.2, 0.25) is 0 Å². The molecule has 0 unspecified atom stereocenters. The minimum absolute atomic E-state index is 0.187. The summed E-state index contributed by atoms with van der Waals surface area (Å²) in [6.07, 6.45) is 5.66. The zero-order valence-electron chi connectivity index (χ0n) is 12.4. The van der Waals surface area contributed by atoms with Crippen LogP contribution in [-0.2, 0) is 13.0 Å². The van der Waals surface area contributed by atoms with E-state index in [1.54, 1.807) is 17.6 Å². The number of amides is 1. The third kappa shape index (κ3) is 2.80. The highest BCUT2D eigenvalue weighted by Crippen LogP contribution is 2.08. The summed E-state index contributed by atoms with van der Waals surface area (Å²) in [6, 6.07) is 2.01. The Morgan fingerprint density at radius 2 is 2.27 bits per heavy atom. The summed E-state index contributed by atoms with van der Waals surface area (Å²) in [5.41, 5.74) is 3.30. The van der Waals surface area contributed by atoms with Crippen LogP contribution in [0.5, 0.6) is 0 Å². The number of hydrogen-bond donors (Lipinski definition) is 1. The van der Waals surface area contributed by atoms with Gasteiger partial charge in [-0.25, -0.2) is 14.1 Å². The Balaban J connectivity index is 1.71. The molecule has 0 aliphatic heterocycles. The topological polar surface area (TPSA) is 98.2 Å². The van der Waals surface area contributed by atoms with Crippen LogP contribution in [0.15, 0.2) is 23.1 Å². The first-order valence-corrected chi connectivity index (χ1v) is 7.08. The summed E-state index contributed by atoms with van der Waals surface area (Å²) in [4.78, 5) is 16.4. The Hall–Kier alpha value is -2.77. The minimum atomic E-state index is -0.338. The van der Waals surface area contributed by atoms with Gasteiger partial charge in [0.2, 0.25) is 0 Å². The predicted molar refractivity (Wildman–Crippen MR) is 77.2 cm³/mol. The van der Waals surface area contributed by atoms with Crippen molar-refractivity contribution in [1.82, 2.24) is 30.2 Å². The van der Waals surface area contributed by atoms with Gasteiger partial charge in [-0.05, 0) is 30.1 Å². The van der Waals surface area contributed by atoms with E-state index in [0.717, 1.165) is 29.7 Å². The highest BCUT2D eigenvalue weighted by molar-refractivity contribution is 5.92. The van der Waals surface area contributed by atoms with Gasteiger partial charge in [0.15, 0.2) is 11.3 Å². The van der Waals surface area contributed by atoms with E-state index in [9.17, 15) is 4.79 Å². The number of nitrogens with one attached hydrogen (secondary N) is 1. The van der Waals surface area contributed by atoms with E-state index in [1.807, 2.05) is 12.3 Å². The van der Waals surface area contributed by atoms with Crippen molar-refractivity contribution in [2.45, 2.75) is 33.2 Å². The molecule has 8 heteroatoms. The Labute approximate surface area is 126 Å². The molecule has 0 radical (unpaired) electrons. The van der Waals surface area contributed by atoms with E-state index < -0.39 is 0 Å². The molecule has 114 valence electrons. The van der Waals surface area contributed by atoms with Crippen molar-refractivity contribution in [2.24, 2.45) is 0 Å². The number of nitrogens with zero attached hydrogens (tertiary/aromatic N) is 5. The molecule has 3 aromatic rings. The molecule has 3 heterocycles. The third-order valence-corrected chi connectivity index (χ3v) is 3.26. The van der Waals surface area contributed by atoms with Crippen molar-refractivity contribution in [3.05, 3.63) is 41.1 Å². The molecular weight excluding hydrogens is 284 g/mol. The van der Waals surface area contributed by atoms with Gasteiger partial charge in [0.1, 0.15) is 5.69 Å². The van der Waals surface area contributed by atoms with Crippen LogP contribution < -0.4 is 5.32 Å². The van der Waals surface area contributed by atoms with Crippen molar-refractivity contribution >= 4 is 11.6 Å². The van der Waals surface area contributed by atoms with Crippen molar-refractivity contribution < 1.29 is 9.42 Å². The normalized spacial score (nSPS) is 11.0. The number of fused-ring (bicyclic) bond motifs is 1. The number of carbonyl (C=O) groups is 1. The molecule has 0 aliphatic carbocycles. The molecule has 3 aromatic heterocycles. The SMILES string of the molecule is CCCc1cnn2cc(CNC(=O)c3nonc3C)nc2c1. The van der Waals surface area contributed by atoms with Crippen LogP contribution >= 0.6 is 0 Å². The highest BCUT2D eigenvalue weighted by atomic mass is 16.6. The van der Waals surface area contributed by atoms with Crippen LogP contribution in [0, 0.1) is 6.92 Å². The summed E-state index contributed by atoms with van der Waals surface area (Å²) in [7, 11) is 0.